The van der Waals surface area contributed by atoms with Gasteiger partial charge in [0.25, 0.3) is 0 Å². The van der Waals surface area contributed by atoms with Gasteiger partial charge in [0.05, 0.1) is 23.8 Å². The predicted molar refractivity (Wildman–Crippen MR) is 72.7 cm³/mol. The zero-order valence-corrected chi connectivity index (χ0v) is 11.4. The summed E-state index contributed by atoms with van der Waals surface area (Å²) in [5.74, 6) is 1.24. The lowest BCUT2D eigenvalue weighted by Gasteiger charge is -2.24. The molecule has 1 atom stereocenters. The molecule has 0 radical (unpaired) electrons. The third-order valence-electron chi connectivity index (χ3n) is 2.71. The Bertz CT molecular complexity index is 472. The molecule has 0 fully saturated rings. The molecule has 0 amide bonds. The molecule has 17 heavy (non-hydrogen) atoms. The van der Waals surface area contributed by atoms with Crippen molar-refractivity contribution in [3.05, 3.63) is 40.5 Å². The molecule has 0 aliphatic rings. The highest BCUT2D eigenvalue weighted by molar-refractivity contribution is 7.10. The van der Waals surface area contributed by atoms with Gasteiger partial charge in [0.15, 0.2) is 0 Å². The SMILES string of the molecule is CC(c1cccs1)N(C)c1cncc(CCl)n1. The van der Waals surface area contributed by atoms with Gasteiger partial charge >= 0.3 is 0 Å². The van der Waals surface area contributed by atoms with Gasteiger partial charge in [0.2, 0.25) is 0 Å². The van der Waals surface area contributed by atoms with Gasteiger partial charge in [-0.05, 0) is 18.4 Å². The van der Waals surface area contributed by atoms with Crippen molar-refractivity contribution in [2.45, 2.75) is 18.8 Å². The molecular weight excluding hydrogens is 254 g/mol. The molecule has 3 nitrogen and oxygen atoms in total. The first kappa shape index (κ1) is 12.3. The molecule has 90 valence electrons. The van der Waals surface area contributed by atoms with E-state index >= 15 is 0 Å². The zero-order valence-electron chi connectivity index (χ0n) is 9.80. The number of hydrogen-bond donors (Lipinski definition) is 0. The standard InChI is InChI=1S/C12H14ClN3S/c1-9(11-4-3-5-17-11)16(2)12-8-14-7-10(6-13)15-12/h3-5,7-9H,6H2,1-2H3. The molecule has 0 saturated carbocycles. The molecule has 0 aliphatic carbocycles. The topological polar surface area (TPSA) is 29.0 Å². The minimum Gasteiger partial charge on any atom is -0.351 e. The number of nitrogens with zero attached hydrogens (tertiary/aromatic N) is 3. The summed E-state index contributed by atoms with van der Waals surface area (Å²) in [6.45, 7) is 2.15. The van der Waals surface area contributed by atoms with Crippen LogP contribution in [-0.2, 0) is 5.88 Å². The number of hydrogen-bond acceptors (Lipinski definition) is 4. The molecule has 0 aromatic carbocycles. The molecule has 0 N–H and O–H groups in total. The Labute approximate surface area is 110 Å². The summed E-state index contributed by atoms with van der Waals surface area (Å²) in [5.41, 5.74) is 0.800. The number of alkyl halides is 1. The van der Waals surface area contributed by atoms with E-state index in [0.717, 1.165) is 11.5 Å². The maximum absolute atomic E-state index is 5.76. The van der Waals surface area contributed by atoms with Crippen LogP contribution in [-0.4, -0.2) is 17.0 Å². The summed E-state index contributed by atoms with van der Waals surface area (Å²) in [6.07, 6.45) is 3.46. The van der Waals surface area contributed by atoms with Gasteiger partial charge in [-0.3, -0.25) is 4.98 Å². The van der Waals surface area contributed by atoms with E-state index in [9.17, 15) is 0 Å². The Morgan fingerprint density at radius 2 is 2.29 bits per heavy atom. The van der Waals surface area contributed by atoms with Crippen LogP contribution >= 0.6 is 22.9 Å². The van der Waals surface area contributed by atoms with Crippen molar-refractivity contribution in [2.75, 3.05) is 11.9 Å². The van der Waals surface area contributed by atoms with Crippen molar-refractivity contribution in [3.8, 4) is 0 Å². The van der Waals surface area contributed by atoms with Crippen molar-refractivity contribution in [1.29, 1.82) is 0 Å². The molecule has 0 saturated heterocycles. The fourth-order valence-corrected chi connectivity index (χ4v) is 2.50. The summed E-state index contributed by atoms with van der Waals surface area (Å²) < 4.78 is 0. The average molecular weight is 268 g/mol. The molecule has 2 aromatic heterocycles. The first-order valence-corrected chi connectivity index (χ1v) is 6.77. The summed E-state index contributed by atoms with van der Waals surface area (Å²) in [5, 5.41) is 2.08. The lowest BCUT2D eigenvalue weighted by molar-refractivity contribution is 0.737. The molecule has 5 heteroatoms. The Morgan fingerprint density at radius 3 is 2.94 bits per heavy atom. The predicted octanol–water partition coefficient (Wildman–Crippen LogP) is 3.47. The second-order valence-corrected chi connectivity index (χ2v) is 5.05. The van der Waals surface area contributed by atoms with Gasteiger partial charge in [-0.25, -0.2) is 4.98 Å². The first-order valence-electron chi connectivity index (χ1n) is 5.35. The van der Waals surface area contributed by atoms with Crippen LogP contribution in [0.25, 0.3) is 0 Å². The second kappa shape index (κ2) is 5.47. The maximum Gasteiger partial charge on any atom is 0.147 e. The van der Waals surface area contributed by atoms with Gasteiger partial charge in [-0.2, -0.15) is 0 Å². The van der Waals surface area contributed by atoms with Crippen molar-refractivity contribution in [2.24, 2.45) is 0 Å². The number of thiophene rings is 1. The fourth-order valence-electron chi connectivity index (χ4n) is 1.55. The minimum atomic E-state index is 0.287. The Morgan fingerprint density at radius 1 is 1.47 bits per heavy atom. The molecule has 2 rings (SSSR count). The molecular formula is C12H14ClN3S. The normalized spacial score (nSPS) is 12.4. The lowest BCUT2D eigenvalue weighted by Crippen LogP contribution is -2.22. The number of anilines is 1. The van der Waals surface area contributed by atoms with E-state index in [1.54, 1.807) is 23.7 Å². The molecule has 2 heterocycles. The van der Waals surface area contributed by atoms with Gasteiger partial charge < -0.3 is 4.90 Å². The van der Waals surface area contributed by atoms with E-state index in [1.165, 1.54) is 4.88 Å². The Kier molecular flexibility index (Phi) is 3.97. The Balaban J connectivity index is 2.21. The molecule has 2 aromatic rings. The third kappa shape index (κ3) is 2.76. The monoisotopic (exact) mass is 267 g/mol. The molecule has 1 unspecified atom stereocenters. The fraction of sp³-hybridized carbons (Fsp3) is 0.333. The van der Waals surface area contributed by atoms with Gasteiger partial charge in [0.1, 0.15) is 5.82 Å². The van der Waals surface area contributed by atoms with E-state index in [0.29, 0.717) is 5.88 Å². The van der Waals surface area contributed by atoms with E-state index in [1.807, 2.05) is 7.05 Å². The van der Waals surface area contributed by atoms with Crippen molar-refractivity contribution in [3.63, 3.8) is 0 Å². The quantitative estimate of drug-likeness (QED) is 0.795. The smallest absolute Gasteiger partial charge is 0.147 e. The van der Waals surface area contributed by atoms with E-state index in [4.69, 9.17) is 11.6 Å². The van der Waals surface area contributed by atoms with Crippen LogP contribution in [0.4, 0.5) is 5.82 Å². The highest BCUT2D eigenvalue weighted by Gasteiger charge is 2.14. The molecule has 0 spiro atoms. The first-order chi connectivity index (χ1) is 8.22. The van der Waals surface area contributed by atoms with Crippen LogP contribution in [0.3, 0.4) is 0 Å². The van der Waals surface area contributed by atoms with Gasteiger partial charge in [-0.1, -0.05) is 6.07 Å². The number of rotatable bonds is 4. The van der Waals surface area contributed by atoms with Crippen molar-refractivity contribution >= 4 is 28.8 Å². The second-order valence-electron chi connectivity index (χ2n) is 3.80. The number of halogens is 1. The summed E-state index contributed by atoms with van der Waals surface area (Å²) >= 11 is 7.51. The minimum absolute atomic E-state index is 0.287. The van der Waals surface area contributed by atoms with Crippen LogP contribution in [0.5, 0.6) is 0 Å². The zero-order chi connectivity index (χ0) is 12.3. The highest BCUT2D eigenvalue weighted by Crippen LogP contribution is 2.26. The van der Waals surface area contributed by atoms with E-state index in [-0.39, 0.29) is 6.04 Å². The average Bonchev–Trinajstić information content (AvgIpc) is 2.91. The van der Waals surface area contributed by atoms with E-state index < -0.39 is 0 Å². The van der Waals surface area contributed by atoms with Crippen LogP contribution in [0.2, 0.25) is 0 Å². The van der Waals surface area contributed by atoms with Crippen LogP contribution in [0, 0.1) is 0 Å². The highest BCUT2D eigenvalue weighted by atomic mass is 35.5. The van der Waals surface area contributed by atoms with Crippen molar-refractivity contribution < 1.29 is 0 Å². The largest absolute Gasteiger partial charge is 0.351 e. The maximum atomic E-state index is 5.76. The van der Waals surface area contributed by atoms with Crippen LogP contribution < -0.4 is 4.90 Å². The summed E-state index contributed by atoms with van der Waals surface area (Å²) in [4.78, 5) is 12.0. The third-order valence-corrected chi connectivity index (χ3v) is 4.02. The van der Waals surface area contributed by atoms with Crippen LogP contribution in [0.1, 0.15) is 23.5 Å². The molecule has 0 aliphatic heterocycles. The summed E-state index contributed by atoms with van der Waals surface area (Å²) in [6, 6.07) is 4.48. The van der Waals surface area contributed by atoms with Crippen LogP contribution in [0.15, 0.2) is 29.9 Å². The molecule has 0 bridgehead atoms. The van der Waals surface area contributed by atoms with Gasteiger partial charge in [0, 0.05) is 18.1 Å². The van der Waals surface area contributed by atoms with E-state index in [2.05, 4.69) is 39.3 Å². The lowest BCUT2D eigenvalue weighted by atomic mass is 10.2. The van der Waals surface area contributed by atoms with Gasteiger partial charge in [-0.15, -0.1) is 22.9 Å². The number of aromatic nitrogens is 2. The summed E-state index contributed by atoms with van der Waals surface area (Å²) in [7, 11) is 2.02. The van der Waals surface area contributed by atoms with Crippen molar-refractivity contribution in [1.82, 2.24) is 9.97 Å². The Hall–Kier alpha value is -1.13.